The second-order valence-electron chi connectivity index (χ2n) is 4.92. The van der Waals surface area contributed by atoms with E-state index in [9.17, 15) is 4.79 Å². The summed E-state index contributed by atoms with van der Waals surface area (Å²) < 4.78 is 0. The number of carboxylic acids is 1. The van der Waals surface area contributed by atoms with Crippen molar-refractivity contribution in [1.29, 1.82) is 0 Å². The molecule has 0 aromatic carbocycles. The highest BCUT2D eigenvalue weighted by atomic mass is 16.4. The van der Waals surface area contributed by atoms with Crippen molar-refractivity contribution in [2.75, 3.05) is 19.6 Å². The maximum Gasteiger partial charge on any atom is 0.303 e. The molecule has 1 aliphatic heterocycles. The Morgan fingerprint density at radius 3 is 2.88 bits per heavy atom. The molecule has 16 heavy (non-hydrogen) atoms. The SMILES string of the molecule is CCCC1CCCN(CCCC(=O)O)CC1. The van der Waals surface area contributed by atoms with Gasteiger partial charge in [0.15, 0.2) is 0 Å². The van der Waals surface area contributed by atoms with Crippen LogP contribution in [0.25, 0.3) is 0 Å². The number of hydrogen-bond acceptors (Lipinski definition) is 2. The lowest BCUT2D eigenvalue weighted by atomic mass is 9.96. The molecule has 0 amide bonds. The van der Waals surface area contributed by atoms with Crippen LogP contribution in [-0.4, -0.2) is 35.6 Å². The van der Waals surface area contributed by atoms with Gasteiger partial charge in [0.25, 0.3) is 0 Å². The van der Waals surface area contributed by atoms with Gasteiger partial charge < -0.3 is 10.0 Å². The van der Waals surface area contributed by atoms with Gasteiger partial charge in [0.05, 0.1) is 0 Å². The first kappa shape index (κ1) is 13.5. The Morgan fingerprint density at radius 1 is 1.38 bits per heavy atom. The van der Waals surface area contributed by atoms with Crippen LogP contribution in [0.2, 0.25) is 0 Å². The normalized spacial score (nSPS) is 22.9. The fourth-order valence-electron chi connectivity index (χ4n) is 2.60. The van der Waals surface area contributed by atoms with Crippen molar-refractivity contribution in [3.8, 4) is 0 Å². The Hall–Kier alpha value is -0.570. The van der Waals surface area contributed by atoms with E-state index in [0.717, 1.165) is 18.9 Å². The molecule has 0 aromatic heterocycles. The fourth-order valence-corrected chi connectivity index (χ4v) is 2.60. The minimum absolute atomic E-state index is 0.314. The summed E-state index contributed by atoms with van der Waals surface area (Å²) in [7, 11) is 0. The second-order valence-corrected chi connectivity index (χ2v) is 4.92. The molecular formula is C13H25NO2. The standard InChI is InChI=1S/C13H25NO2/c1-2-5-12-6-3-9-14(11-8-12)10-4-7-13(15)16/h12H,2-11H2,1H3,(H,15,16). The predicted molar refractivity (Wildman–Crippen MR) is 65.6 cm³/mol. The molecule has 1 atom stereocenters. The Bertz CT molecular complexity index is 206. The van der Waals surface area contributed by atoms with E-state index in [1.54, 1.807) is 0 Å². The summed E-state index contributed by atoms with van der Waals surface area (Å²) >= 11 is 0. The average Bonchev–Trinajstić information content (AvgIpc) is 2.44. The molecule has 1 rings (SSSR count). The summed E-state index contributed by atoms with van der Waals surface area (Å²) in [6.45, 7) is 5.56. The van der Waals surface area contributed by atoms with Crippen LogP contribution < -0.4 is 0 Å². The van der Waals surface area contributed by atoms with Crippen LogP contribution in [0.3, 0.4) is 0 Å². The van der Waals surface area contributed by atoms with Crippen LogP contribution in [0.4, 0.5) is 0 Å². The highest BCUT2D eigenvalue weighted by molar-refractivity contribution is 5.66. The molecule has 0 bridgehead atoms. The third kappa shape index (κ3) is 5.50. The van der Waals surface area contributed by atoms with Crippen molar-refractivity contribution in [3.63, 3.8) is 0 Å². The van der Waals surface area contributed by atoms with Gasteiger partial charge in [0, 0.05) is 6.42 Å². The van der Waals surface area contributed by atoms with Crippen molar-refractivity contribution in [3.05, 3.63) is 0 Å². The van der Waals surface area contributed by atoms with Crippen LogP contribution >= 0.6 is 0 Å². The number of carbonyl (C=O) groups is 1. The topological polar surface area (TPSA) is 40.5 Å². The summed E-state index contributed by atoms with van der Waals surface area (Å²) in [4.78, 5) is 12.9. The number of nitrogens with zero attached hydrogens (tertiary/aromatic N) is 1. The zero-order valence-corrected chi connectivity index (χ0v) is 10.5. The Labute approximate surface area is 98.8 Å². The summed E-state index contributed by atoms with van der Waals surface area (Å²) in [5, 5.41) is 8.59. The van der Waals surface area contributed by atoms with Crippen molar-refractivity contribution >= 4 is 5.97 Å². The molecule has 0 spiro atoms. The van der Waals surface area contributed by atoms with Crippen molar-refractivity contribution in [2.24, 2.45) is 5.92 Å². The highest BCUT2D eigenvalue weighted by Gasteiger charge is 2.15. The van der Waals surface area contributed by atoms with Crippen molar-refractivity contribution < 1.29 is 9.90 Å². The van der Waals surface area contributed by atoms with Gasteiger partial charge in [-0.15, -0.1) is 0 Å². The van der Waals surface area contributed by atoms with Crippen LogP contribution in [0, 0.1) is 5.92 Å². The number of hydrogen-bond donors (Lipinski definition) is 1. The van der Waals surface area contributed by atoms with Gasteiger partial charge in [-0.25, -0.2) is 0 Å². The monoisotopic (exact) mass is 227 g/mol. The molecule has 1 heterocycles. The quantitative estimate of drug-likeness (QED) is 0.758. The number of rotatable bonds is 6. The molecule has 3 nitrogen and oxygen atoms in total. The number of carboxylic acid groups (broad SMARTS) is 1. The molecule has 3 heteroatoms. The molecule has 0 radical (unpaired) electrons. The average molecular weight is 227 g/mol. The number of likely N-dealkylation sites (tertiary alicyclic amines) is 1. The molecule has 1 fully saturated rings. The van der Waals surface area contributed by atoms with E-state index in [1.807, 2.05) is 0 Å². The zero-order valence-electron chi connectivity index (χ0n) is 10.5. The van der Waals surface area contributed by atoms with E-state index in [1.165, 1.54) is 45.2 Å². The molecule has 1 N–H and O–H groups in total. The van der Waals surface area contributed by atoms with Gasteiger partial charge in [-0.05, 0) is 51.2 Å². The van der Waals surface area contributed by atoms with Gasteiger partial charge in [0.1, 0.15) is 0 Å². The Kier molecular flexibility index (Phi) is 6.46. The summed E-state index contributed by atoms with van der Waals surface area (Å²) in [6, 6.07) is 0. The molecule has 94 valence electrons. The predicted octanol–water partition coefficient (Wildman–Crippen LogP) is 2.75. The summed E-state index contributed by atoms with van der Waals surface area (Å²) in [5.41, 5.74) is 0. The minimum atomic E-state index is -0.668. The largest absolute Gasteiger partial charge is 0.481 e. The van der Waals surface area contributed by atoms with Crippen LogP contribution in [0.5, 0.6) is 0 Å². The first-order valence-electron chi connectivity index (χ1n) is 6.66. The van der Waals surface area contributed by atoms with Crippen LogP contribution in [-0.2, 0) is 4.79 Å². The van der Waals surface area contributed by atoms with E-state index in [4.69, 9.17) is 5.11 Å². The lowest BCUT2D eigenvalue weighted by molar-refractivity contribution is -0.137. The third-order valence-corrected chi connectivity index (χ3v) is 3.50. The van der Waals surface area contributed by atoms with Crippen molar-refractivity contribution in [2.45, 2.75) is 51.9 Å². The summed E-state index contributed by atoms with van der Waals surface area (Å²) in [6.07, 6.45) is 7.73. The Morgan fingerprint density at radius 2 is 2.19 bits per heavy atom. The minimum Gasteiger partial charge on any atom is -0.481 e. The van der Waals surface area contributed by atoms with Gasteiger partial charge in [0.2, 0.25) is 0 Å². The lowest BCUT2D eigenvalue weighted by Gasteiger charge is -2.19. The molecule has 1 aliphatic rings. The van der Waals surface area contributed by atoms with Crippen LogP contribution in [0.15, 0.2) is 0 Å². The van der Waals surface area contributed by atoms with Gasteiger partial charge >= 0.3 is 5.97 Å². The first-order chi connectivity index (χ1) is 7.72. The third-order valence-electron chi connectivity index (χ3n) is 3.50. The first-order valence-corrected chi connectivity index (χ1v) is 6.66. The van der Waals surface area contributed by atoms with E-state index >= 15 is 0 Å². The molecule has 0 aromatic rings. The smallest absolute Gasteiger partial charge is 0.303 e. The van der Waals surface area contributed by atoms with E-state index in [0.29, 0.717) is 6.42 Å². The number of aliphatic carboxylic acids is 1. The van der Waals surface area contributed by atoms with Crippen LogP contribution in [0.1, 0.15) is 51.9 Å². The zero-order chi connectivity index (χ0) is 11.8. The van der Waals surface area contributed by atoms with E-state index in [-0.39, 0.29) is 0 Å². The maximum atomic E-state index is 10.4. The molecular weight excluding hydrogens is 202 g/mol. The van der Waals surface area contributed by atoms with E-state index < -0.39 is 5.97 Å². The molecule has 1 unspecified atom stereocenters. The second kappa shape index (κ2) is 7.66. The maximum absolute atomic E-state index is 10.4. The summed E-state index contributed by atoms with van der Waals surface area (Å²) in [5.74, 6) is 0.244. The molecule has 0 aliphatic carbocycles. The molecule has 0 saturated carbocycles. The molecule has 1 saturated heterocycles. The van der Waals surface area contributed by atoms with Gasteiger partial charge in [-0.1, -0.05) is 19.8 Å². The lowest BCUT2D eigenvalue weighted by Crippen LogP contribution is -2.26. The van der Waals surface area contributed by atoms with Crippen molar-refractivity contribution in [1.82, 2.24) is 4.90 Å². The fraction of sp³-hybridized carbons (Fsp3) is 0.923. The van der Waals surface area contributed by atoms with Gasteiger partial charge in [-0.3, -0.25) is 4.79 Å². The highest BCUT2D eigenvalue weighted by Crippen LogP contribution is 2.21. The van der Waals surface area contributed by atoms with E-state index in [2.05, 4.69) is 11.8 Å². The van der Waals surface area contributed by atoms with Gasteiger partial charge in [-0.2, -0.15) is 0 Å². The Balaban J connectivity index is 2.17.